The number of ether oxygens (including phenoxy) is 1. The van der Waals surface area contributed by atoms with Crippen molar-refractivity contribution in [3.05, 3.63) is 36.7 Å². The van der Waals surface area contributed by atoms with Crippen LogP contribution in [0.15, 0.2) is 36.7 Å². The Hall–Kier alpha value is -2.67. The Morgan fingerprint density at radius 1 is 1.04 bits per heavy atom. The molecule has 1 unspecified atom stereocenters. The smallest absolute Gasteiger partial charge is 0.200 e. The molecule has 7 heteroatoms. The first-order chi connectivity index (χ1) is 13.8. The highest BCUT2D eigenvalue weighted by Gasteiger charge is 2.30. The molecule has 4 heterocycles. The second-order valence-corrected chi connectivity index (χ2v) is 7.73. The van der Waals surface area contributed by atoms with E-state index in [1.807, 2.05) is 24.3 Å². The Bertz CT molecular complexity index is 947. The first kappa shape index (κ1) is 17.4. The highest BCUT2D eigenvalue weighted by Crippen LogP contribution is 2.31. The van der Waals surface area contributed by atoms with Crippen LogP contribution in [0, 0.1) is 0 Å². The number of benzene rings is 1. The van der Waals surface area contributed by atoms with Crippen molar-refractivity contribution in [3.63, 3.8) is 0 Å². The van der Waals surface area contributed by atoms with E-state index < -0.39 is 0 Å². The van der Waals surface area contributed by atoms with E-state index in [2.05, 4.69) is 26.1 Å². The minimum absolute atomic E-state index is 0.640. The summed E-state index contributed by atoms with van der Waals surface area (Å²) >= 11 is 0. The predicted molar refractivity (Wildman–Crippen MR) is 109 cm³/mol. The maximum atomic E-state index is 5.28. The standard InChI is InChI=1S/C21H26N6O/c1-28-18-7-5-16(6-8-18)19-13-20(21-23-22-15-27(21)24-19)26-12-9-17(14-26)25-10-3-2-4-11-25/h5-8,13,15,17H,2-4,9-12,14H2,1H3. The molecule has 28 heavy (non-hydrogen) atoms. The van der Waals surface area contributed by atoms with Gasteiger partial charge in [0, 0.05) is 24.7 Å². The normalized spacial score (nSPS) is 20.8. The van der Waals surface area contributed by atoms with E-state index >= 15 is 0 Å². The lowest BCUT2D eigenvalue weighted by Gasteiger charge is -2.32. The zero-order chi connectivity index (χ0) is 18.9. The molecule has 3 aromatic rings. The number of aromatic nitrogens is 4. The molecule has 2 aliphatic heterocycles. The van der Waals surface area contributed by atoms with E-state index in [0.717, 1.165) is 41.4 Å². The maximum absolute atomic E-state index is 5.28. The monoisotopic (exact) mass is 378 g/mol. The fourth-order valence-corrected chi connectivity index (χ4v) is 4.49. The van der Waals surface area contributed by atoms with Crippen molar-refractivity contribution >= 4 is 11.3 Å². The maximum Gasteiger partial charge on any atom is 0.200 e. The third-order valence-electron chi connectivity index (χ3n) is 6.05. The van der Waals surface area contributed by atoms with Gasteiger partial charge in [-0.3, -0.25) is 4.90 Å². The summed E-state index contributed by atoms with van der Waals surface area (Å²) in [5, 5.41) is 13.2. The lowest BCUT2D eigenvalue weighted by molar-refractivity contribution is 0.175. The SMILES string of the molecule is COc1ccc(-c2cc(N3CCC(N4CCCCC4)C3)c3nncn3n2)cc1. The van der Waals surface area contributed by atoms with Crippen LogP contribution < -0.4 is 9.64 Å². The second kappa shape index (κ2) is 7.39. The zero-order valence-corrected chi connectivity index (χ0v) is 16.3. The van der Waals surface area contributed by atoms with E-state index in [9.17, 15) is 0 Å². The molecule has 2 aliphatic rings. The van der Waals surface area contributed by atoms with Gasteiger partial charge in [-0.05, 0) is 62.7 Å². The number of anilines is 1. The molecular weight excluding hydrogens is 352 g/mol. The van der Waals surface area contributed by atoms with Crippen LogP contribution in [0.2, 0.25) is 0 Å². The Labute approximate surface area is 164 Å². The van der Waals surface area contributed by atoms with Crippen LogP contribution in [0.1, 0.15) is 25.7 Å². The van der Waals surface area contributed by atoms with E-state index in [4.69, 9.17) is 9.84 Å². The molecule has 5 rings (SSSR count). The van der Waals surface area contributed by atoms with Crippen LogP contribution >= 0.6 is 0 Å². The summed E-state index contributed by atoms with van der Waals surface area (Å²) in [4.78, 5) is 5.13. The molecule has 2 fully saturated rings. The molecule has 7 nitrogen and oxygen atoms in total. The Morgan fingerprint density at radius 2 is 1.86 bits per heavy atom. The quantitative estimate of drug-likeness (QED) is 0.696. The summed E-state index contributed by atoms with van der Waals surface area (Å²) in [5.41, 5.74) is 3.94. The van der Waals surface area contributed by atoms with Gasteiger partial charge >= 0.3 is 0 Å². The molecule has 146 valence electrons. The molecule has 0 aliphatic carbocycles. The summed E-state index contributed by atoms with van der Waals surface area (Å²) < 4.78 is 7.07. The van der Waals surface area contributed by atoms with E-state index in [1.165, 1.54) is 38.8 Å². The fourth-order valence-electron chi connectivity index (χ4n) is 4.49. The van der Waals surface area contributed by atoms with Gasteiger partial charge in [0.25, 0.3) is 0 Å². The summed E-state index contributed by atoms with van der Waals surface area (Å²) in [6, 6.07) is 10.8. The number of methoxy groups -OCH3 is 1. The van der Waals surface area contributed by atoms with Gasteiger partial charge < -0.3 is 9.64 Å². The molecule has 0 bridgehead atoms. The van der Waals surface area contributed by atoms with Crippen molar-refractivity contribution in [1.82, 2.24) is 24.7 Å². The summed E-state index contributed by atoms with van der Waals surface area (Å²) in [7, 11) is 1.68. The average molecular weight is 378 g/mol. The third-order valence-corrected chi connectivity index (χ3v) is 6.05. The molecule has 0 saturated carbocycles. The largest absolute Gasteiger partial charge is 0.497 e. The molecular formula is C21H26N6O. The topological polar surface area (TPSA) is 58.8 Å². The van der Waals surface area contributed by atoms with Crippen molar-refractivity contribution in [2.45, 2.75) is 31.7 Å². The van der Waals surface area contributed by atoms with Crippen LogP contribution in [0.25, 0.3) is 16.9 Å². The average Bonchev–Trinajstić information content (AvgIpc) is 3.43. The van der Waals surface area contributed by atoms with Crippen LogP contribution in [-0.2, 0) is 0 Å². The number of fused-ring (bicyclic) bond motifs is 1. The fraction of sp³-hybridized carbons (Fsp3) is 0.476. The molecule has 0 radical (unpaired) electrons. The highest BCUT2D eigenvalue weighted by molar-refractivity contribution is 5.74. The minimum atomic E-state index is 0.640. The first-order valence-corrected chi connectivity index (χ1v) is 10.2. The van der Waals surface area contributed by atoms with Crippen LogP contribution in [0.4, 0.5) is 5.69 Å². The first-order valence-electron chi connectivity index (χ1n) is 10.2. The van der Waals surface area contributed by atoms with Crippen molar-refractivity contribution in [1.29, 1.82) is 0 Å². The van der Waals surface area contributed by atoms with Gasteiger partial charge in [-0.1, -0.05) is 6.42 Å². The van der Waals surface area contributed by atoms with Gasteiger partial charge in [-0.2, -0.15) is 9.61 Å². The Balaban J connectivity index is 1.46. The second-order valence-electron chi connectivity index (χ2n) is 7.73. The van der Waals surface area contributed by atoms with E-state index in [1.54, 1.807) is 18.0 Å². The third kappa shape index (κ3) is 3.20. The van der Waals surface area contributed by atoms with Crippen LogP contribution in [-0.4, -0.2) is 64.0 Å². The lowest BCUT2D eigenvalue weighted by Crippen LogP contribution is -2.40. The molecule has 2 aromatic heterocycles. The summed E-state index contributed by atoms with van der Waals surface area (Å²) in [6.45, 7) is 4.59. The Morgan fingerprint density at radius 3 is 2.64 bits per heavy atom. The highest BCUT2D eigenvalue weighted by atomic mass is 16.5. The molecule has 0 spiro atoms. The van der Waals surface area contributed by atoms with Gasteiger partial charge in [0.2, 0.25) is 5.65 Å². The van der Waals surface area contributed by atoms with Crippen LogP contribution in [0.3, 0.4) is 0 Å². The van der Waals surface area contributed by atoms with Crippen molar-refractivity contribution in [2.75, 3.05) is 38.2 Å². The van der Waals surface area contributed by atoms with Crippen molar-refractivity contribution in [3.8, 4) is 17.0 Å². The lowest BCUT2D eigenvalue weighted by atomic mass is 10.1. The summed E-state index contributed by atoms with van der Waals surface area (Å²) in [6.07, 6.45) is 6.94. The molecule has 0 amide bonds. The van der Waals surface area contributed by atoms with Crippen molar-refractivity contribution in [2.24, 2.45) is 0 Å². The number of nitrogens with zero attached hydrogens (tertiary/aromatic N) is 6. The molecule has 2 saturated heterocycles. The molecule has 0 N–H and O–H groups in total. The zero-order valence-electron chi connectivity index (χ0n) is 16.3. The molecule has 1 atom stereocenters. The predicted octanol–water partition coefficient (Wildman–Crippen LogP) is 2.86. The van der Waals surface area contributed by atoms with Crippen molar-refractivity contribution < 1.29 is 4.74 Å². The van der Waals surface area contributed by atoms with E-state index in [0.29, 0.717) is 6.04 Å². The van der Waals surface area contributed by atoms with Gasteiger partial charge in [0.05, 0.1) is 18.5 Å². The van der Waals surface area contributed by atoms with Gasteiger partial charge in [0.1, 0.15) is 12.1 Å². The number of piperidine rings is 1. The van der Waals surface area contributed by atoms with Gasteiger partial charge in [-0.25, -0.2) is 0 Å². The summed E-state index contributed by atoms with van der Waals surface area (Å²) in [5.74, 6) is 0.846. The Kier molecular flexibility index (Phi) is 4.60. The number of hydrogen-bond acceptors (Lipinski definition) is 6. The number of rotatable bonds is 4. The van der Waals surface area contributed by atoms with Gasteiger partial charge in [0.15, 0.2) is 0 Å². The van der Waals surface area contributed by atoms with Gasteiger partial charge in [-0.15, -0.1) is 10.2 Å². The van der Waals surface area contributed by atoms with Crippen LogP contribution in [0.5, 0.6) is 5.75 Å². The number of likely N-dealkylation sites (tertiary alicyclic amines) is 1. The van der Waals surface area contributed by atoms with E-state index in [-0.39, 0.29) is 0 Å². The molecule has 1 aromatic carbocycles. The number of hydrogen-bond donors (Lipinski definition) is 0. The minimum Gasteiger partial charge on any atom is -0.497 e.